The van der Waals surface area contributed by atoms with Gasteiger partial charge in [0.1, 0.15) is 18.1 Å². The van der Waals surface area contributed by atoms with Crippen molar-refractivity contribution < 1.29 is 9.47 Å². The van der Waals surface area contributed by atoms with E-state index >= 15 is 0 Å². The van der Waals surface area contributed by atoms with Gasteiger partial charge in [-0.3, -0.25) is 9.98 Å². The number of ether oxygens (including phenoxy) is 2. The molecule has 1 aliphatic rings. The Morgan fingerprint density at radius 2 is 2.24 bits per heavy atom. The zero-order valence-electron chi connectivity index (χ0n) is 16.6. The van der Waals surface area contributed by atoms with Crippen LogP contribution in [0.2, 0.25) is 5.02 Å². The Balaban J connectivity index is 0.00000300. The average Bonchev–Trinajstić information content (AvgIpc) is 3.19. The zero-order chi connectivity index (χ0) is 19.8. The highest BCUT2D eigenvalue weighted by atomic mass is 127. The van der Waals surface area contributed by atoms with Gasteiger partial charge in [-0.15, -0.1) is 24.0 Å². The molecule has 0 aliphatic carbocycles. The second kappa shape index (κ2) is 11.9. The summed E-state index contributed by atoms with van der Waals surface area (Å²) in [7, 11) is 3.45. The number of aliphatic imine (C=N–C) groups is 1. The quantitative estimate of drug-likeness (QED) is 0.248. The lowest BCUT2D eigenvalue weighted by Gasteiger charge is -2.22. The summed E-state index contributed by atoms with van der Waals surface area (Å²) in [5, 5.41) is 7.46. The van der Waals surface area contributed by atoms with E-state index in [9.17, 15) is 0 Å². The maximum absolute atomic E-state index is 6.17. The number of aromatic nitrogens is 1. The second-order valence-corrected chi connectivity index (χ2v) is 6.86. The summed E-state index contributed by atoms with van der Waals surface area (Å²) >= 11 is 6.17. The van der Waals surface area contributed by atoms with E-state index in [0.29, 0.717) is 18.2 Å². The van der Waals surface area contributed by atoms with Crippen LogP contribution in [-0.4, -0.2) is 57.4 Å². The first-order valence-corrected chi connectivity index (χ1v) is 9.66. The third kappa shape index (κ3) is 6.81. The maximum Gasteiger partial charge on any atom is 0.191 e. The predicted molar refractivity (Wildman–Crippen MR) is 128 cm³/mol. The van der Waals surface area contributed by atoms with Crippen LogP contribution in [0, 0.1) is 0 Å². The molecule has 158 valence electrons. The van der Waals surface area contributed by atoms with Gasteiger partial charge in [0.2, 0.25) is 0 Å². The highest BCUT2D eigenvalue weighted by Crippen LogP contribution is 2.33. The Kier molecular flexibility index (Phi) is 9.59. The Hall–Kier alpha value is -1.94. The molecule has 0 spiro atoms. The van der Waals surface area contributed by atoms with Gasteiger partial charge in [0.25, 0.3) is 0 Å². The SMILES string of the molecule is CN=C(NCCOc1cccnc1)NC1CCN(c2cc(Cl)ccc2OC)C1.I. The summed E-state index contributed by atoms with van der Waals surface area (Å²) in [5.74, 6) is 2.36. The molecule has 1 atom stereocenters. The summed E-state index contributed by atoms with van der Waals surface area (Å²) in [4.78, 5) is 10.6. The summed E-state index contributed by atoms with van der Waals surface area (Å²) in [6.07, 6.45) is 4.42. The molecular formula is C20H27ClIN5O2. The number of nitrogens with zero attached hydrogens (tertiary/aromatic N) is 3. The van der Waals surface area contributed by atoms with E-state index in [4.69, 9.17) is 21.1 Å². The van der Waals surface area contributed by atoms with Crippen molar-refractivity contribution in [3.8, 4) is 11.5 Å². The van der Waals surface area contributed by atoms with E-state index < -0.39 is 0 Å². The summed E-state index contributed by atoms with van der Waals surface area (Å²) in [5.41, 5.74) is 1.02. The molecular weight excluding hydrogens is 505 g/mol. The average molecular weight is 532 g/mol. The lowest BCUT2D eigenvalue weighted by Crippen LogP contribution is -2.45. The van der Waals surface area contributed by atoms with Gasteiger partial charge in [0.15, 0.2) is 5.96 Å². The molecule has 2 N–H and O–H groups in total. The van der Waals surface area contributed by atoms with Crippen LogP contribution < -0.4 is 25.0 Å². The minimum absolute atomic E-state index is 0. The molecule has 0 saturated carbocycles. The molecule has 7 nitrogen and oxygen atoms in total. The number of pyridine rings is 1. The van der Waals surface area contributed by atoms with E-state index in [0.717, 1.165) is 42.7 Å². The maximum atomic E-state index is 6.17. The molecule has 0 bridgehead atoms. The molecule has 1 aliphatic heterocycles. The molecule has 1 unspecified atom stereocenters. The minimum Gasteiger partial charge on any atom is -0.495 e. The Morgan fingerprint density at radius 1 is 1.38 bits per heavy atom. The highest BCUT2D eigenvalue weighted by molar-refractivity contribution is 14.0. The van der Waals surface area contributed by atoms with Crippen molar-refractivity contribution in [1.82, 2.24) is 15.6 Å². The number of hydrogen-bond acceptors (Lipinski definition) is 5. The van der Waals surface area contributed by atoms with Gasteiger partial charge in [-0.1, -0.05) is 11.6 Å². The summed E-state index contributed by atoms with van der Waals surface area (Å²) in [6.45, 7) is 2.95. The Morgan fingerprint density at radius 3 is 2.97 bits per heavy atom. The number of hydrogen-bond donors (Lipinski definition) is 2. The van der Waals surface area contributed by atoms with E-state index in [2.05, 4.69) is 25.5 Å². The van der Waals surface area contributed by atoms with Gasteiger partial charge in [0.05, 0.1) is 25.5 Å². The molecule has 29 heavy (non-hydrogen) atoms. The molecule has 1 saturated heterocycles. The number of methoxy groups -OCH3 is 1. The van der Waals surface area contributed by atoms with E-state index in [-0.39, 0.29) is 30.0 Å². The fraction of sp³-hybridized carbons (Fsp3) is 0.400. The number of anilines is 1. The van der Waals surface area contributed by atoms with Crippen LogP contribution in [0.3, 0.4) is 0 Å². The van der Waals surface area contributed by atoms with Crippen LogP contribution >= 0.6 is 35.6 Å². The van der Waals surface area contributed by atoms with Crippen LogP contribution in [0.4, 0.5) is 5.69 Å². The zero-order valence-corrected chi connectivity index (χ0v) is 19.7. The van der Waals surface area contributed by atoms with Crippen molar-refractivity contribution in [1.29, 1.82) is 0 Å². The largest absolute Gasteiger partial charge is 0.495 e. The molecule has 2 aromatic rings. The van der Waals surface area contributed by atoms with E-state index in [1.165, 1.54) is 0 Å². The van der Waals surface area contributed by atoms with Gasteiger partial charge in [0, 0.05) is 37.4 Å². The molecule has 0 radical (unpaired) electrons. The van der Waals surface area contributed by atoms with Crippen molar-refractivity contribution in [2.24, 2.45) is 4.99 Å². The fourth-order valence-electron chi connectivity index (χ4n) is 3.17. The Labute approximate surface area is 193 Å². The third-order valence-corrected chi connectivity index (χ3v) is 4.77. The van der Waals surface area contributed by atoms with Gasteiger partial charge < -0.3 is 25.0 Å². The predicted octanol–water partition coefficient (Wildman–Crippen LogP) is 3.18. The molecule has 1 aromatic carbocycles. The van der Waals surface area contributed by atoms with Crippen LogP contribution in [-0.2, 0) is 0 Å². The number of rotatable bonds is 7. The molecule has 3 rings (SSSR count). The number of nitrogens with one attached hydrogen (secondary N) is 2. The number of halogens is 2. The van der Waals surface area contributed by atoms with Crippen molar-refractivity contribution in [3.63, 3.8) is 0 Å². The van der Waals surface area contributed by atoms with Crippen LogP contribution in [0.5, 0.6) is 11.5 Å². The Bertz CT molecular complexity index is 794. The number of guanidine groups is 1. The lowest BCUT2D eigenvalue weighted by atomic mass is 10.2. The van der Waals surface area contributed by atoms with E-state index in [1.54, 1.807) is 26.6 Å². The summed E-state index contributed by atoms with van der Waals surface area (Å²) in [6, 6.07) is 9.72. The van der Waals surface area contributed by atoms with Crippen LogP contribution in [0.25, 0.3) is 0 Å². The van der Waals surface area contributed by atoms with Crippen LogP contribution in [0.15, 0.2) is 47.7 Å². The van der Waals surface area contributed by atoms with Gasteiger partial charge in [-0.05, 0) is 36.8 Å². The van der Waals surface area contributed by atoms with Crippen molar-refractivity contribution in [3.05, 3.63) is 47.7 Å². The first-order valence-electron chi connectivity index (χ1n) is 9.28. The lowest BCUT2D eigenvalue weighted by molar-refractivity contribution is 0.320. The van der Waals surface area contributed by atoms with Crippen molar-refractivity contribution in [2.45, 2.75) is 12.5 Å². The van der Waals surface area contributed by atoms with Crippen molar-refractivity contribution >= 4 is 47.2 Å². The number of benzene rings is 1. The first kappa shape index (κ1) is 23.3. The molecule has 1 aromatic heterocycles. The highest BCUT2D eigenvalue weighted by Gasteiger charge is 2.25. The standard InChI is InChI=1S/C20H26ClN5O2.HI/c1-22-20(24-9-11-28-17-4-3-8-23-13-17)25-16-7-10-26(14-16)18-12-15(21)5-6-19(18)27-2;/h3-6,8,12-13,16H,7,9-11,14H2,1-2H3,(H2,22,24,25);1H. The van der Waals surface area contributed by atoms with Crippen LogP contribution in [0.1, 0.15) is 6.42 Å². The first-order chi connectivity index (χ1) is 13.7. The molecule has 2 heterocycles. The van der Waals surface area contributed by atoms with Gasteiger partial charge in [-0.25, -0.2) is 0 Å². The van der Waals surface area contributed by atoms with Gasteiger partial charge in [-0.2, -0.15) is 0 Å². The fourth-order valence-corrected chi connectivity index (χ4v) is 3.33. The second-order valence-electron chi connectivity index (χ2n) is 6.43. The monoisotopic (exact) mass is 531 g/mol. The normalized spacial score (nSPS) is 16.2. The van der Waals surface area contributed by atoms with Gasteiger partial charge >= 0.3 is 0 Å². The smallest absolute Gasteiger partial charge is 0.191 e. The topological polar surface area (TPSA) is 71.0 Å². The molecule has 9 heteroatoms. The van der Waals surface area contributed by atoms with Crippen molar-refractivity contribution in [2.75, 3.05) is 45.3 Å². The summed E-state index contributed by atoms with van der Waals surface area (Å²) < 4.78 is 11.1. The minimum atomic E-state index is 0. The molecule has 0 amide bonds. The van der Waals surface area contributed by atoms with E-state index in [1.807, 2.05) is 30.3 Å². The third-order valence-electron chi connectivity index (χ3n) is 4.53. The molecule has 1 fully saturated rings.